The van der Waals surface area contributed by atoms with Gasteiger partial charge < -0.3 is 28.1 Å². The van der Waals surface area contributed by atoms with Crippen molar-refractivity contribution in [1.29, 1.82) is 0 Å². The van der Waals surface area contributed by atoms with E-state index in [9.17, 15) is 0 Å². The summed E-state index contributed by atoms with van der Waals surface area (Å²) in [5.74, 6) is 7.98. The molecule has 0 N–H and O–H groups in total. The van der Waals surface area contributed by atoms with Crippen molar-refractivity contribution < 1.29 is 18.9 Å². The van der Waals surface area contributed by atoms with Crippen molar-refractivity contribution in [3.05, 3.63) is 291 Å². The van der Waals surface area contributed by atoms with Crippen LogP contribution in [0.4, 0.5) is 0 Å². The number of fused-ring (bicyclic) bond motifs is 25. The maximum Gasteiger partial charge on any atom is 0.260 e. The third-order valence-corrected chi connectivity index (χ3v) is 21.6. The number of benzene rings is 14. The highest BCUT2D eigenvalue weighted by Gasteiger charge is 2.43. The normalized spacial score (nSPS) is 13.3. The number of hydrogen-bond acceptors (Lipinski definition) is 6. The fraction of sp³-hybridized carbons (Fsp3) is 0. The number of aromatic nitrogens is 8. The average molecular weight is 1280 g/mol. The van der Waals surface area contributed by atoms with Gasteiger partial charge in [-0.05, 0) is 142 Å². The van der Waals surface area contributed by atoms with Crippen LogP contribution in [0, 0.1) is 0 Å². The molecular formula is C86H48B2N8O4. The van der Waals surface area contributed by atoms with Crippen LogP contribution < -0.4 is 51.7 Å². The first kappa shape index (κ1) is 52.8. The molecule has 0 spiro atoms. The van der Waals surface area contributed by atoms with Crippen LogP contribution in [0.2, 0.25) is 0 Å². The Morgan fingerprint density at radius 1 is 0.240 bits per heavy atom. The lowest BCUT2D eigenvalue weighted by molar-refractivity contribution is 0.463. The van der Waals surface area contributed by atoms with Gasteiger partial charge >= 0.3 is 0 Å². The molecule has 0 atom stereocenters. The van der Waals surface area contributed by atoms with E-state index in [-0.39, 0.29) is 13.4 Å². The van der Waals surface area contributed by atoms with Crippen molar-refractivity contribution in [2.45, 2.75) is 0 Å². The Morgan fingerprint density at radius 3 is 1.33 bits per heavy atom. The van der Waals surface area contributed by atoms with Crippen molar-refractivity contribution in [2.24, 2.45) is 0 Å². The van der Waals surface area contributed by atoms with Gasteiger partial charge in [0.25, 0.3) is 13.4 Å². The van der Waals surface area contributed by atoms with E-state index in [2.05, 4.69) is 318 Å². The van der Waals surface area contributed by atoms with E-state index in [0.717, 1.165) is 212 Å². The topological polar surface area (TPSA) is 91.2 Å². The minimum atomic E-state index is -0.190. The summed E-state index contributed by atoms with van der Waals surface area (Å²) in [5.41, 5.74) is 24.9. The molecule has 4 aliphatic rings. The van der Waals surface area contributed by atoms with Crippen molar-refractivity contribution in [3.63, 3.8) is 0 Å². The predicted molar refractivity (Wildman–Crippen MR) is 402 cm³/mol. The lowest BCUT2D eigenvalue weighted by Crippen LogP contribution is -2.57. The Balaban J connectivity index is 0.639. The van der Waals surface area contributed by atoms with Crippen molar-refractivity contribution in [1.82, 2.24) is 37.0 Å². The SMILES string of the molecule is c1ccc(-n2c3ccccc3n3c4cc5c6ccccc6n(-c6cc7c8c(c6)Oc6ccc(-c9ccc%10c(c9)B9c%11ccccc%11Oc%11cc(-n%12c%13ccccc%13c%13ccc%14c(c%13%12)n%12c%13ccccc%13nc%12n%14-c%12ccccc%12)cc(c%119)O%10)cc6B8c6ccccc6O7)c5cc4nc23)cc1. The fourth-order valence-electron chi connectivity index (χ4n) is 17.5. The van der Waals surface area contributed by atoms with Crippen LogP contribution in [0.25, 0.3) is 133 Å². The molecule has 0 unspecified atom stereocenters. The van der Waals surface area contributed by atoms with Crippen LogP contribution in [-0.4, -0.2) is 50.5 Å². The third-order valence-electron chi connectivity index (χ3n) is 21.6. The second kappa shape index (κ2) is 19.2. The Bertz CT molecular complexity index is 7050. The lowest BCUT2D eigenvalue weighted by Gasteiger charge is -2.34. The molecule has 0 bridgehead atoms. The van der Waals surface area contributed by atoms with Gasteiger partial charge in [0, 0.05) is 68.1 Å². The van der Waals surface area contributed by atoms with E-state index < -0.39 is 0 Å². The van der Waals surface area contributed by atoms with Crippen molar-refractivity contribution in [2.75, 3.05) is 0 Å². The van der Waals surface area contributed by atoms with Crippen LogP contribution in [0.5, 0.6) is 46.0 Å². The van der Waals surface area contributed by atoms with E-state index in [1.165, 1.54) is 0 Å². The Morgan fingerprint density at radius 2 is 0.710 bits per heavy atom. The summed E-state index contributed by atoms with van der Waals surface area (Å²) in [6.07, 6.45) is 0. The largest absolute Gasteiger partial charge is 0.458 e. The number of imidazole rings is 4. The summed E-state index contributed by atoms with van der Waals surface area (Å²) < 4.78 is 42.6. The molecule has 20 aromatic rings. The zero-order valence-electron chi connectivity index (χ0n) is 53.1. The first-order valence-corrected chi connectivity index (χ1v) is 33.9. The molecule has 14 heteroatoms. The van der Waals surface area contributed by atoms with Gasteiger partial charge in [0.2, 0.25) is 11.6 Å². The zero-order valence-corrected chi connectivity index (χ0v) is 53.1. The van der Waals surface area contributed by atoms with Gasteiger partial charge in [0.1, 0.15) is 46.0 Å². The van der Waals surface area contributed by atoms with Crippen LogP contribution >= 0.6 is 0 Å². The molecule has 14 aromatic carbocycles. The molecule has 6 aromatic heterocycles. The third kappa shape index (κ3) is 6.94. The second-order valence-corrected chi connectivity index (χ2v) is 26.8. The fourth-order valence-corrected chi connectivity index (χ4v) is 17.5. The van der Waals surface area contributed by atoms with Gasteiger partial charge in [0.15, 0.2) is 0 Å². The van der Waals surface area contributed by atoms with Crippen LogP contribution in [0.1, 0.15) is 0 Å². The minimum Gasteiger partial charge on any atom is -0.458 e. The molecule has 10 heterocycles. The summed E-state index contributed by atoms with van der Waals surface area (Å²) >= 11 is 0. The second-order valence-electron chi connectivity index (χ2n) is 26.8. The quantitative estimate of drug-likeness (QED) is 0.159. The molecule has 4 aliphatic heterocycles. The highest BCUT2D eigenvalue weighted by atomic mass is 16.5. The first-order chi connectivity index (χ1) is 49.6. The molecule has 0 aliphatic carbocycles. The van der Waals surface area contributed by atoms with E-state index in [4.69, 9.17) is 28.9 Å². The smallest absolute Gasteiger partial charge is 0.260 e. The lowest BCUT2D eigenvalue weighted by atomic mass is 9.34. The summed E-state index contributed by atoms with van der Waals surface area (Å²) in [5, 5.41) is 4.55. The number of ether oxygens (including phenoxy) is 4. The standard InChI is InChI=1S/C86H48B2N8O4/c1-3-19-51(20-4-1)93-68-31-15-16-32-69(68)95-72-47-58-56-24-8-12-28-65(56)91(71(58)48-64(72)90-85(93)95)53-43-77-81-78(44-53)99-75-39-35-49(41-61(75)87(81)59-25-9-17-33-73(59)97-77)50-36-40-76-62(42-50)88-60-26-10-18-34-74(60)98-79-45-54(46-80(100-76)82(79)88)92-66-29-13-7-23-55(66)57-37-38-70-84(83(57)92)96-67-30-14-11-27-63(67)89-86(96)94(70)52-21-5-2-6-22-52/h1-48H. The Kier molecular flexibility index (Phi) is 10.1. The highest BCUT2D eigenvalue weighted by molar-refractivity contribution is 6.99. The molecular weight excluding hydrogens is 1230 g/mol. The van der Waals surface area contributed by atoms with Crippen molar-refractivity contribution in [3.8, 4) is 79.9 Å². The Hall–Kier alpha value is -13.5. The summed E-state index contributed by atoms with van der Waals surface area (Å²) in [6, 6.07) is 104. The molecule has 0 saturated heterocycles. The maximum absolute atomic E-state index is 7.27. The van der Waals surface area contributed by atoms with E-state index in [1.807, 2.05) is 0 Å². The molecule has 0 amide bonds. The molecule has 0 fully saturated rings. The summed E-state index contributed by atoms with van der Waals surface area (Å²) in [4.78, 5) is 10.8. The van der Waals surface area contributed by atoms with Gasteiger partial charge in [-0.1, -0.05) is 158 Å². The number of nitrogens with zero attached hydrogens (tertiary/aromatic N) is 8. The van der Waals surface area contributed by atoms with Gasteiger partial charge in [-0.25, -0.2) is 9.97 Å². The average Bonchev–Trinajstić information content (AvgIpc) is 1.47. The van der Waals surface area contributed by atoms with E-state index >= 15 is 0 Å². The van der Waals surface area contributed by atoms with Gasteiger partial charge in [-0.15, -0.1) is 0 Å². The molecule has 0 radical (unpaired) electrons. The van der Waals surface area contributed by atoms with E-state index in [1.54, 1.807) is 0 Å². The van der Waals surface area contributed by atoms with Crippen LogP contribution in [-0.2, 0) is 0 Å². The van der Waals surface area contributed by atoms with E-state index in [0.29, 0.717) is 0 Å². The number of rotatable bonds is 5. The van der Waals surface area contributed by atoms with Gasteiger partial charge in [-0.2, -0.15) is 0 Å². The highest BCUT2D eigenvalue weighted by Crippen LogP contribution is 2.46. The molecule has 462 valence electrons. The summed E-state index contributed by atoms with van der Waals surface area (Å²) in [7, 11) is 0. The molecule has 12 nitrogen and oxygen atoms in total. The molecule has 24 rings (SSSR count). The first-order valence-electron chi connectivity index (χ1n) is 33.9. The molecule has 0 saturated carbocycles. The van der Waals surface area contributed by atoms with Gasteiger partial charge in [-0.3, -0.25) is 17.9 Å². The predicted octanol–water partition coefficient (Wildman–Crippen LogP) is 16.5. The number of hydrogen-bond donors (Lipinski definition) is 0. The minimum absolute atomic E-state index is 0.180. The van der Waals surface area contributed by atoms with Crippen LogP contribution in [0.3, 0.4) is 0 Å². The summed E-state index contributed by atoms with van der Waals surface area (Å²) in [6.45, 7) is -0.370. The van der Waals surface area contributed by atoms with Gasteiger partial charge in [0.05, 0.1) is 77.6 Å². The molecule has 100 heavy (non-hydrogen) atoms. The zero-order chi connectivity index (χ0) is 64.7. The monoisotopic (exact) mass is 1280 g/mol. The maximum atomic E-state index is 7.27. The number of para-hydroxylation sites is 10. The Labute approximate surface area is 569 Å². The van der Waals surface area contributed by atoms with Crippen molar-refractivity contribution >= 4 is 146 Å². The van der Waals surface area contributed by atoms with Crippen LogP contribution in [0.15, 0.2) is 291 Å².